The summed E-state index contributed by atoms with van der Waals surface area (Å²) in [7, 11) is 0. The minimum Gasteiger partial charge on any atom is -0.465 e. The second kappa shape index (κ2) is 7.43. The minimum atomic E-state index is -0.559. The van der Waals surface area contributed by atoms with E-state index < -0.39 is 12.1 Å². The molecule has 0 aromatic carbocycles. The Bertz CT molecular complexity index is 204. The van der Waals surface area contributed by atoms with Gasteiger partial charge < -0.3 is 15.2 Å². The first-order chi connectivity index (χ1) is 7.04. The van der Waals surface area contributed by atoms with Gasteiger partial charge in [0, 0.05) is 12.5 Å². The molecule has 0 heterocycles. The monoisotopic (exact) mass is 215 g/mol. The fourth-order valence-corrected chi connectivity index (χ4v) is 1.20. The number of carbonyl (C=O) groups is 1. The van der Waals surface area contributed by atoms with Gasteiger partial charge in [-0.1, -0.05) is 13.0 Å². The Morgan fingerprint density at radius 2 is 2.20 bits per heavy atom. The highest BCUT2D eigenvalue weighted by atomic mass is 16.5. The lowest BCUT2D eigenvalue weighted by Gasteiger charge is -2.24. The number of hydrogen-bond donors (Lipinski definition) is 2. The van der Waals surface area contributed by atoms with Crippen molar-refractivity contribution in [3.05, 3.63) is 12.7 Å². The van der Waals surface area contributed by atoms with Crippen LogP contribution in [0.1, 0.15) is 20.8 Å². The third-order valence-corrected chi connectivity index (χ3v) is 2.31. The molecule has 0 saturated carbocycles. The minimum absolute atomic E-state index is 0.191. The summed E-state index contributed by atoms with van der Waals surface area (Å²) in [5.41, 5.74) is 0. The first kappa shape index (κ1) is 14.1. The van der Waals surface area contributed by atoms with Crippen LogP contribution >= 0.6 is 0 Å². The highest BCUT2D eigenvalue weighted by molar-refractivity contribution is 5.76. The molecule has 15 heavy (non-hydrogen) atoms. The molecule has 0 radical (unpaired) electrons. The Morgan fingerprint density at radius 1 is 1.60 bits per heavy atom. The van der Waals surface area contributed by atoms with Gasteiger partial charge in [-0.15, -0.1) is 6.58 Å². The summed E-state index contributed by atoms with van der Waals surface area (Å²) in [6.45, 7) is 9.65. The van der Waals surface area contributed by atoms with Gasteiger partial charge in [-0.3, -0.25) is 4.79 Å². The number of aliphatic hydroxyl groups excluding tert-OH is 1. The zero-order chi connectivity index (χ0) is 11.8. The van der Waals surface area contributed by atoms with E-state index >= 15 is 0 Å². The third-order valence-electron chi connectivity index (χ3n) is 2.31. The number of esters is 1. The average molecular weight is 215 g/mol. The van der Waals surface area contributed by atoms with Crippen LogP contribution in [0.5, 0.6) is 0 Å². The Kier molecular flexibility index (Phi) is 6.99. The molecule has 2 N–H and O–H groups in total. The summed E-state index contributed by atoms with van der Waals surface area (Å²) in [6.07, 6.45) is 1.11. The molecule has 0 bridgehead atoms. The predicted molar refractivity (Wildman–Crippen MR) is 59.5 cm³/mol. The van der Waals surface area contributed by atoms with Gasteiger partial charge in [-0.2, -0.15) is 0 Å². The molecule has 88 valence electrons. The van der Waals surface area contributed by atoms with E-state index in [1.807, 2.05) is 6.92 Å². The van der Waals surface area contributed by atoms with Crippen molar-refractivity contribution in [3.8, 4) is 0 Å². The Balaban J connectivity index is 4.41. The van der Waals surface area contributed by atoms with Crippen molar-refractivity contribution < 1.29 is 14.6 Å². The van der Waals surface area contributed by atoms with Gasteiger partial charge in [0.15, 0.2) is 0 Å². The summed E-state index contributed by atoms with van der Waals surface area (Å²) < 4.78 is 4.93. The van der Waals surface area contributed by atoms with Crippen LogP contribution in [0.15, 0.2) is 12.7 Å². The lowest BCUT2D eigenvalue weighted by molar-refractivity contribution is -0.148. The van der Waals surface area contributed by atoms with Crippen LogP contribution in [-0.4, -0.2) is 36.4 Å². The van der Waals surface area contributed by atoms with E-state index in [2.05, 4.69) is 11.9 Å². The van der Waals surface area contributed by atoms with Crippen LogP contribution in [-0.2, 0) is 9.53 Å². The Morgan fingerprint density at radius 3 is 2.60 bits per heavy atom. The summed E-state index contributed by atoms with van der Waals surface area (Å²) in [5.74, 6) is -0.517. The van der Waals surface area contributed by atoms with Crippen molar-refractivity contribution in [2.75, 3.05) is 13.2 Å². The number of hydrogen-bond acceptors (Lipinski definition) is 4. The first-order valence-electron chi connectivity index (χ1n) is 5.23. The highest BCUT2D eigenvalue weighted by Gasteiger charge is 2.28. The molecule has 0 aromatic heterocycles. The summed E-state index contributed by atoms with van der Waals surface area (Å²) in [6, 6.07) is -0.483. The smallest absolute Gasteiger partial charge is 0.323 e. The van der Waals surface area contributed by atoms with E-state index in [0.717, 1.165) is 0 Å². The number of carbonyl (C=O) groups excluding carboxylic acids is 1. The standard InChI is InChI=1S/C11H21NO3/c1-5-7-12-10(8(3)9(4)13)11(14)15-6-2/h5,8-10,12-13H,1,6-7H2,2-4H3/t8-,9-,10-/m0/s1. The fraction of sp³-hybridized carbons (Fsp3) is 0.727. The SMILES string of the molecule is C=CCN[C@H](C(=O)OCC)[C@@H](C)[C@H](C)O. The van der Waals surface area contributed by atoms with Crippen molar-refractivity contribution in [1.29, 1.82) is 0 Å². The molecule has 0 aliphatic rings. The Hall–Kier alpha value is -0.870. The molecule has 0 spiro atoms. The summed E-state index contributed by atoms with van der Waals surface area (Å²) in [5, 5.41) is 12.4. The summed E-state index contributed by atoms with van der Waals surface area (Å²) in [4.78, 5) is 11.6. The lowest BCUT2D eigenvalue weighted by Crippen LogP contribution is -2.46. The number of ether oxygens (including phenoxy) is 1. The fourth-order valence-electron chi connectivity index (χ4n) is 1.20. The van der Waals surface area contributed by atoms with Crippen molar-refractivity contribution in [2.45, 2.75) is 32.9 Å². The van der Waals surface area contributed by atoms with Crippen LogP contribution in [0.25, 0.3) is 0 Å². The number of aliphatic hydroxyl groups is 1. The molecule has 0 aliphatic carbocycles. The molecule has 0 aromatic rings. The van der Waals surface area contributed by atoms with Crippen molar-refractivity contribution in [2.24, 2.45) is 5.92 Å². The van der Waals surface area contributed by atoms with Crippen LogP contribution < -0.4 is 5.32 Å². The van der Waals surface area contributed by atoms with Gasteiger partial charge in [0.05, 0.1) is 12.7 Å². The molecule has 0 unspecified atom stereocenters. The lowest BCUT2D eigenvalue weighted by atomic mass is 9.96. The molecule has 0 fully saturated rings. The van der Waals surface area contributed by atoms with Crippen LogP contribution in [0.2, 0.25) is 0 Å². The van der Waals surface area contributed by atoms with Crippen LogP contribution in [0.4, 0.5) is 0 Å². The normalized spacial score (nSPS) is 16.5. The van der Waals surface area contributed by atoms with E-state index in [1.165, 1.54) is 0 Å². The topological polar surface area (TPSA) is 58.6 Å². The van der Waals surface area contributed by atoms with E-state index in [1.54, 1.807) is 19.9 Å². The van der Waals surface area contributed by atoms with Crippen molar-refractivity contribution >= 4 is 5.97 Å². The third kappa shape index (κ3) is 4.95. The molecule has 4 heteroatoms. The molecule has 0 saturated heterocycles. The quantitative estimate of drug-likeness (QED) is 0.485. The van der Waals surface area contributed by atoms with Gasteiger partial charge in [0.2, 0.25) is 0 Å². The molecule has 3 atom stereocenters. The molecular weight excluding hydrogens is 194 g/mol. The van der Waals surface area contributed by atoms with Crippen molar-refractivity contribution in [3.63, 3.8) is 0 Å². The molecular formula is C11H21NO3. The van der Waals surface area contributed by atoms with Gasteiger partial charge in [0.25, 0.3) is 0 Å². The van der Waals surface area contributed by atoms with E-state index in [0.29, 0.717) is 13.2 Å². The van der Waals surface area contributed by atoms with E-state index in [-0.39, 0.29) is 11.9 Å². The van der Waals surface area contributed by atoms with E-state index in [9.17, 15) is 9.90 Å². The summed E-state index contributed by atoms with van der Waals surface area (Å²) >= 11 is 0. The van der Waals surface area contributed by atoms with Crippen LogP contribution in [0.3, 0.4) is 0 Å². The molecule has 0 aliphatic heterocycles. The van der Waals surface area contributed by atoms with Crippen LogP contribution in [0, 0.1) is 5.92 Å². The highest BCUT2D eigenvalue weighted by Crippen LogP contribution is 2.10. The number of nitrogens with one attached hydrogen (secondary N) is 1. The maximum atomic E-state index is 11.6. The second-order valence-electron chi connectivity index (χ2n) is 3.53. The first-order valence-corrected chi connectivity index (χ1v) is 5.23. The number of rotatable bonds is 7. The maximum Gasteiger partial charge on any atom is 0.323 e. The molecule has 0 rings (SSSR count). The second-order valence-corrected chi connectivity index (χ2v) is 3.53. The molecule has 4 nitrogen and oxygen atoms in total. The Labute approximate surface area is 91.3 Å². The van der Waals surface area contributed by atoms with Gasteiger partial charge in [-0.25, -0.2) is 0 Å². The van der Waals surface area contributed by atoms with Gasteiger partial charge in [0.1, 0.15) is 6.04 Å². The van der Waals surface area contributed by atoms with E-state index in [4.69, 9.17) is 4.74 Å². The average Bonchev–Trinajstić information content (AvgIpc) is 2.18. The largest absolute Gasteiger partial charge is 0.465 e. The zero-order valence-corrected chi connectivity index (χ0v) is 9.69. The maximum absolute atomic E-state index is 11.6. The predicted octanol–water partition coefficient (Wildman–Crippen LogP) is 0.711. The van der Waals surface area contributed by atoms with Gasteiger partial charge >= 0.3 is 5.97 Å². The zero-order valence-electron chi connectivity index (χ0n) is 9.69. The van der Waals surface area contributed by atoms with Crippen molar-refractivity contribution in [1.82, 2.24) is 5.32 Å². The van der Waals surface area contributed by atoms with Gasteiger partial charge in [-0.05, 0) is 13.8 Å². The molecule has 0 amide bonds.